The number of benzene rings is 2. The van der Waals surface area contributed by atoms with Gasteiger partial charge < -0.3 is 5.32 Å². The van der Waals surface area contributed by atoms with Gasteiger partial charge in [-0.1, -0.05) is 53.8 Å². The van der Waals surface area contributed by atoms with Crippen LogP contribution in [0.4, 0.5) is 5.13 Å². The number of thiazole rings is 1. The minimum Gasteiger partial charge on any atom is -0.302 e. The van der Waals surface area contributed by atoms with Crippen molar-refractivity contribution >= 4 is 44.4 Å². The SMILES string of the molecule is O=C(CCSCc1ccccc1)Nc1nc2ccccc2s1. The highest BCUT2D eigenvalue weighted by Gasteiger charge is 2.07. The minimum absolute atomic E-state index is 0.0274. The predicted octanol–water partition coefficient (Wildman–Crippen LogP) is 4.56. The van der Waals surface area contributed by atoms with E-state index in [1.807, 2.05) is 42.5 Å². The fourth-order valence-electron chi connectivity index (χ4n) is 2.04. The largest absolute Gasteiger partial charge is 0.302 e. The lowest BCUT2D eigenvalue weighted by molar-refractivity contribution is -0.115. The zero-order chi connectivity index (χ0) is 15.2. The van der Waals surface area contributed by atoms with Gasteiger partial charge in [0.15, 0.2) is 5.13 Å². The van der Waals surface area contributed by atoms with Crippen molar-refractivity contribution in [3.63, 3.8) is 0 Å². The molecule has 0 spiro atoms. The van der Waals surface area contributed by atoms with E-state index in [2.05, 4.69) is 22.4 Å². The van der Waals surface area contributed by atoms with Gasteiger partial charge in [0.1, 0.15) is 0 Å². The quantitative estimate of drug-likeness (QED) is 0.675. The third kappa shape index (κ3) is 4.08. The molecule has 5 heteroatoms. The first-order valence-corrected chi connectivity index (χ1v) is 9.05. The maximum absolute atomic E-state index is 11.9. The molecule has 3 rings (SSSR count). The molecular weight excluding hydrogens is 312 g/mol. The Bertz CT molecular complexity index is 722. The zero-order valence-electron chi connectivity index (χ0n) is 12.0. The lowest BCUT2D eigenvalue weighted by Gasteiger charge is -2.02. The van der Waals surface area contributed by atoms with Crippen molar-refractivity contribution in [3.05, 3.63) is 60.2 Å². The molecule has 0 aliphatic carbocycles. The molecule has 1 aromatic heterocycles. The Hall–Kier alpha value is -1.85. The third-order valence-electron chi connectivity index (χ3n) is 3.13. The lowest BCUT2D eigenvalue weighted by Crippen LogP contribution is -2.11. The number of amides is 1. The van der Waals surface area contributed by atoms with Gasteiger partial charge in [0.25, 0.3) is 0 Å². The molecule has 2 aromatic carbocycles. The Balaban J connectivity index is 1.44. The summed E-state index contributed by atoms with van der Waals surface area (Å²) in [5, 5.41) is 3.57. The normalized spacial score (nSPS) is 10.7. The molecule has 0 saturated carbocycles. The van der Waals surface area contributed by atoms with Crippen LogP contribution in [0.2, 0.25) is 0 Å². The zero-order valence-corrected chi connectivity index (χ0v) is 13.6. The summed E-state index contributed by atoms with van der Waals surface area (Å²) in [5.74, 6) is 1.78. The number of carbonyl (C=O) groups is 1. The molecule has 22 heavy (non-hydrogen) atoms. The van der Waals surface area contributed by atoms with E-state index >= 15 is 0 Å². The van der Waals surface area contributed by atoms with Crippen LogP contribution in [0.25, 0.3) is 10.2 Å². The van der Waals surface area contributed by atoms with Gasteiger partial charge in [0.2, 0.25) is 5.91 Å². The Morgan fingerprint density at radius 3 is 2.68 bits per heavy atom. The number of hydrogen-bond acceptors (Lipinski definition) is 4. The Morgan fingerprint density at radius 2 is 1.86 bits per heavy atom. The van der Waals surface area contributed by atoms with E-state index in [1.54, 1.807) is 11.8 Å². The molecule has 112 valence electrons. The molecule has 1 amide bonds. The maximum atomic E-state index is 11.9. The van der Waals surface area contributed by atoms with Crippen molar-refractivity contribution in [2.45, 2.75) is 12.2 Å². The molecule has 3 nitrogen and oxygen atoms in total. The Morgan fingerprint density at radius 1 is 1.09 bits per heavy atom. The molecule has 0 radical (unpaired) electrons. The second kappa shape index (κ2) is 7.42. The molecule has 0 atom stereocenters. The average molecular weight is 328 g/mol. The van der Waals surface area contributed by atoms with Gasteiger partial charge in [-0.25, -0.2) is 4.98 Å². The number of thioether (sulfide) groups is 1. The van der Waals surface area contributed by atoms with Crippen molar-refractivity contribution < 1.29 is 4.79 Å². The van der Waals surface area contributed by atoms with Gasteiger partial charge in [0.05, 0.1) is 10.2 Å². The van der Waals surface area contributed by atoms with Crippen LogP contribution in [0, 0.1) is 0 Å². The number of nitrogens with zero attached hydrogens (tertiary/aromatic N) is 1. The number of rotatable bonds is 6. The van der Waals surface area contributed by atoms with Crippen molar-refractivity contribution in [3.8, 4) is 0 Å². The summed E-state index contributed by atoms with van der Waals surface area (Å²) in [6.07, 6.45) is 0.507. The summed E-state index contributed by atoms with van der Waals surface area (Å²) < 4.78 is 1.09. The molecule has 1 N–H and O–H groups in total. The van der Waals surface area contributed by atoms with Crippen LogP contribution in [0.15, 0.2) is 54.6 Å². The van der Waals surface area contributed by atoms with Crippen LogP contribution >= 0.6 is 23.1 Å². The summed E-state index contributed by atoms with van der Waals surface area (Å²) in [6, 6.07) is 18.2. The van der Waals surface area contributed by atoms with E-state index in [-0.39, 0.29) is 5.91 Å². The molecule has 1 heterocycles. The number of aromatic nitrogens is 1. The monoisotopic (exact) mass is 328 g/mol. The highest BCUT2D eigenvalue weighted by Crippen LogP contribution is 2.25. The Kier molecular flexibility index (Phi) is 5.08. The average Bonchev–Trinajstić information content (AvgIpc) is 2.94. The smallest absolute Gasteiger partial charge is 0.226 e. The minimum atomic E-state index is 0.0274. The van der Waals surface area contributed by atoms with E-state index in [0.29, 0.717) is 11.6 Å². The maximum Gasteiger partial charge on any atom is 0.226 e. The van der Waals surface area contributed by atoms with Gasteiger partial charge in [0, 0.05) is 17.9 Å². The van der Waals surface area contributed by atoms with E-state index < -0.39 is 0 Å². The lowest BCUT2D eigenvalue weighted by atomic mass is 10.2. The summed E-state index contributed by atoms with van der Waals surface area (Å²) in [5.41, 5.74) is 2.22. The van der Waals surface area contributed by atoms with E-state index in [4.69, 9.17) is 0 Å². The number of para-hydroxylation sites is 1. The van der Waals surface area contributed by atoms with Gasteiger partial charge in [-0.2, -0.15) is 11.8 Å². The number of nitrogens with one attached hydrogen (secondary N) is 1. The van der Waals surface area contributed by atoms with Crippen LogP contribution in [0.5, 0.6) is 0 Å². The second-order valence-electron chi connectivity index (χ2n) is 4.82. The van der Waals surface area contributed by atoms with Crippen molar-refractivity contribution in [1.29, 1.82) is 0 Å². The van der Waals surface area contributed by atoms with Gasteiger partial charge >= 0.3 is 0 Å². The highest BCUT2D eigenvalue weighted by molar-refractivity contribution is 7.98. The molecule has 0 aliphatic rings. The molecule has 0 bridgehead atoms. The molecule has 0 saturated heterocycles. The summed E-state index contributed by atoms with van der Waals surface area (Å²) in [4.78, 5) is 16.4. The fourth-order valence-corrected chi connectivity index (χ4v) is 3.82. The molecule has 0 fully saturated rings. The number of anilines is 1. The fraction of sp³-hybridized carbons (Fsp3) is 0.176. The Labute approximate surface area is 137 Å². The topological polar surface area (TPSA) is 42.0 Å². The standard InChI is InChI=1S/C17H16N2OS2/c20-16(10-11-21-12-13-6-2-1-3-7-13)19-17-18-14-8-4-5-9-15(14)22-17/h1-9H,10-12H2,(H,18,19,20). The van der Waals surface area contributed by atoms with Gasteiger partial charge in [-0.3, -0.25) is 4.79 Å². The summed E-state index contributed by atoms with van der Waals surface area (Å²) in [7, 11) is 0. The van der Waals surface area contributed by atoms with Crippen molar-refractivity contribution in [2.75, 3.05) is 11.1 Å². The second-order valence-corrected chi connectivity index (χ2v) is 6.96. The van der Waals surface area contributed by atoms with Crippen molar-refractivity contribution in [2.24, 2.45) is 0 Å². The summed E-state index contributed by atoms with van der Waals surface area (Å²) in [6.45, 7) is 0. The van der Waals surface area contributed by atoms with Crippen LogP contribution in [-0.2, 0) is 10.5 Å². The van der Waals surface area contributed by atoms with Crippen LogP contribution in [0.1, 0.15) is 12.0 Å². The van der Waals surface area contributed by atoms with Crippen molar-refractivity contribution in [1.82, 2.24) is 4.98 Å². The number of hydrogen-bond donors (Lipinski definition) is 1. The third-order valence-corrected chi connectivity index (χ3v) is 5.11. The van der Waals surface area contributed by atoms with Crippen LogP contribution in [-0.4, -0.2) is 16.6 Å². The first-order valence-electron chi connectivity index (χ1n) is 7.08. The number of fused-ring (bicyclic) bond motifs is 1. The van der Waals surface area contributed by atoms with E-state index in [1.165, 1.54) is 16.9 Å². The van der Waals surface area contributed by atoms with Crippen LogP contribution in [0.3, 0.4) is 0 Å². The van der Waals surface area contributed by atoms with Gasteiger partial charge in [-0.05, 0) is 17.7 Å². The molecule has 0 unspecified atom stereocenters. The molecule has 3 aromatic rings. The molecular formula is C17H16N2OS2. The summed E-state index contributed by atoms with van der Waals surface area (Å²) >= 11 is 3.28. The first kappa shape index (κ1) is 15.1. The highest BCUT2D eigenvalue weighted by atomic mass is 32.2. The first-order chi connectivity index (χ1) is 10.8. The van der Waals surface area contributed by atoms with E-state index in [9.17, 15) is 4.79 Å². The number of carbonyl (C=O) groups excluding carboxylic acids is 1. The van der Waals surface area contributed by atoms with E-state index in [0.717, 1.165) is 21.7 Å². The predicted molar refractivity (Wildman–Crippen MR) is 95.5 cm³/mol. The van der Waals surface area contributed by atoms with Gasteiger partial charge in [-0.15, -0.1) is 0 Å². The van der Waals surface area contributed by atoms with Crippen LogP contribution < -0.4 is 5.32 Å². The molecule has 0 aliphatic heterocycles.